The molecule has 1 aliphatic carbocycles. The first-order chi connectivity index (χ1) is 13.0. The van der Waals surface area contributed by atoms with Crippen LogP contribution < -0.4 is 10.1 Å². The number of carbonyl (C=O) groups excluding carboxylic acids is 1. The highest BCUT2D eigenvalue weighted by Crippen LogP contribution is 2.31. The third-order valence-electron chi connectivity index (χ3n) is 5.13. The molecule has 0 saturated heterocycles. The molecule has 2 heterocycles. The number of aliphatic hydroxyl groups is 1. The summed E-state index contributed by atoms with van der Waals surface area (Å²) in [6.45, 7) is 0.660. The molecule has 3 atom stereocenters. The van der Waals surface area contributed by atoms with Gasteiger partial charge in [0.25, 0.3) is 5.91 Å². The Balaban J connectivity index is 1.49. The van der Waals surface area contributed by atoms with Crippen molar-refractivity contribution in [3.8, 4) is 5.75 Å². The minimum Gasteiger partial charge on any atom is -0.496 e. The number of aromatic nitrogens is 3. The number of H-pyrrole nitrogens is 1. The van der Waals surface area contributed by atoms with Crippen LogP contribution in [0.4, 0.5) is 0 Å². The summed E-state index contributed by atoms with van der Waals surface area (Å²) < 4.78 is 7.15. The van der Waals surface area contributed by atoms with Crippen LogP contribution in [0.2, 0.25) is 5.02 Å². The van der Waals surface area contributed by atoms with Crippen LogP contribution in [-0.2, 0) is 6.54 Å². The van der Waals surface area contributed by atoms with Crippen molar-refractivity contribution in [3.63, 3.8) is 0 Å². The Kier molecular flexibility index (Phi) is 4.80. The Labute approximate surface area is 161 Å². The Morgan fingerprint density at radius 3 is 3.04 bits per heavy atom. The highest BCUT2D eigenvalue weighted by molar-refractivity contribution is 6.30. The van der Waals surface area contributed by atoms with Crippen molar-refractivity contribution in [2.75, 3.05) is 7.11 Å². The molecule has 0 spiro atoms. The normalized spacial score (nSPS) is 22.3. The Hall–Kier alpha value is -2.51. The Morgan fingerprint density at radius 1 is 1.44 bits per heavy atom. The van der Waals surface area contributed by atoms with Crippen molar-refractivity contribution >= 4 is 28.4 Å². The Bertz CT molecular complexity index is 967. The Morgan fingerprint density at radius 2 is 2.30 bits per heavy atom. The summed E-state index contributed by atoms with van der Waals surface area (Å²) >= 11 is 5.90. The molecule has 3 N–H and O–H groups in total. The number of halogens is 1. The number of aromatic amines is 1. The first kappa shape index (κ1) is 17.9. The fourth-order valence-electron chi connectivity index (χ4n) is 3.88. The summed E-state index contributed by atoms with van der Waals surface area (Å²) in [6, 6.07) is 5.18. The minimum absolute atomic E-state index is 0.214. The van der Waals surface area contributed by atoms with Crippen LogP contribution in [0.5, 0.6) is 5.75 Å². The molecule has 1 aliphatic rings. The highest BCUT2D eigenvalue weighted by Gasteiger charge is 2.35. The van der Waals surface area contributed by atoms with E-state index in [1.54, 1.807) is 36.4 Å². The lowest BCUT2D eigenvalue weighted by Gasteiger charge is -2.18. The van der Waals surface area contributed by atoms with Gasteiger partial charge in [0.2, 0.25) is 0 Å². The standard InChI is InChI=1S/C19H21ClN4O3/c1-27-17-3-2-14-13(4-5-21-14)18(17)19(26)23-15-6-11(7-16(15)25)9-24-10-12(20)8-22-24/h2-5,8,10-11,15-16,21,25H,6-7,9H2,1H3,(H,23,26)/t11?,15-,16-/m1/s1. The summed E-state index contributed by atoms with van der Waals surface area (Å²) in [5, 5.41) is 19.0. The fraction of sp³-hybridized carbons (Fsp3) is 0.368. The van der Waals surface area contributed by atoms with Gasteiger partial charge in [-0.2, -0.15) is 5.10 Å². The quantitative estimate of drug-likeness (QED) is 0.626. The van der Waals surface area contributed by atoms with Crippen molar-refractivity contribution in [2.45, 2.75) is 31.5 Å². The van der Waals surface area contributed by atoms with E-state index in [-0.39, 0.29) is 17.9 Å². The van der Waals surface area contributed by atoms with Gasteiger partial charge in [-0.15, -0.1) is 0 Å². The van der Waals surface area contributed by atoms with Crippen LogP contribution in [0.15, 0.2) is 36.8 Å². The lowest BCUT2D eigenvalue weighted by molar-refractivity contribution is 0.0871. The van der Waals surface area contributed by atoms with E-state index in [2.05, 4.69) is 15.4 Å². The number of nitrogens with one attached hydrogen (secondary N) is 2. The van der Waals surface area contributed by atoms with Crippen LogP contribution in [-0.4, -0.2) is 45.0 Å². The molecular weight excluding hydrogens is 368 g/mol. The van der Waals surface area contributed by atoms with Crippen molar-refractivity contribution in [3.05, 3.63) is 47.4 Å². The predicted octanol–water partition coefficient (Wildman–Crippen LogP) is 2.60. The van der Waals surface area contributed by atoms with Crippen molar-refractivity contribution in [1.29, 1.82) is 0 Å². The number of rotatable bonds is 5. The number of carbonyl (C=O) groups is 1. The zero-order valence-corrected chi connectivity index (χ0v) is 15.6. The highest BCUT2D eigenvalue weighted by atomic mass is 35.5. The molecule has 0 aliphatic heterocycles. The van der Waals surface area contributed by atoms with E-state index >= 15 is 0 Å². The summed E-state index contributed by atoms with van der Waals surface area (Å²) in [5.41, 5.74) is 1.34. The number of benzene rings is 1. The molecule has 8 heteroatoms. The SMILES string of the molecule is COc1ccc2[nH]ccc2c1C(=O)N[C@@H]1CC(Cn2cc(Cl)cn2)C[C@H]1O. The lowest BCUT2D eigenvalue weighted by Crippen LogP contribution is -2.40. The molecule has 0 bridgehead atoms. The van der Waals surface area contributed by atoms with Crippen molar-refractivity contribution in [2.24, 2.45) is 5.92 Å². The van der Waals surface area contributed by atoms with Gasteiger partial charge in [-0.25, -0.2) is 0 Å². The van der Waals surface area contributed by atoms with Gasteiger partial charge in [0.1, 0.15) is 5.75 Å². The van der Waals surface area contributed by atoms with Gasteiger partial charge in [-0.1, -0.05) is 11.6 Å². The number of fused-ring (bicyclic) bond motifs is 1. The number of amides is 1. The molecule has 2 aromatic heterocycles. The molecule has 3 aromatic rings. The first-order valence-corrected chi connectivity index (χ1v) is 9.24. The van der Waals surface area contributed by atoms with Gasteiger partial charge >= 0.3 is 0 Å². The van der Waals surface area contributed by atoms with E-state index in [0.717, 1.165) is 10.9 Å². The molecule has 1 amide bonds. The number of hydrogen-bond donors (Lipinski definition) is 3. The molecule has 1 fully saturated rings. The van der Waals surface area contributed by atoms with Gasteiger partial charge in [0.05, 0.1) is 36.0 Å². The molecular formula is C19H21ClN4O3. The maximum absolute atomic E-state index is 13.0. The fourth-order valence-corrected chi connectivity index (χ4v) is 4.04. The molecule has 7 nitrogen and oxygen atoms in total. The van der Waals surface area contributed by atoms with Gasteiger partial charge < -0.3 is 20.1 Å². The topological polar surface area (TPSA) is 92.2 Å². The van der Waals surface area contributed by atoms with Crippen LogP contribution in [0, 0.1) is 5.92 Å². The van der Waals surface area contributed by atoms with Crippen molar-refractivity contribution in [1.82, 2.24) is 20.1 Å². The maximum atomic E-state index is 13.0. The smallest absolute Gasteiger partial charge is 0.256 e. The lowest BCUT2D eigenvalue weighted by atomic mass is 10.1. The number of hydrogen-bond acceptors (Lipinski definition) is 4. The summed E-state index contributed by atoms with van der Waals surface area (Å²) in [7, 11) is 1.54. The maximum Gasteiger partial charge on any atom is 0.256 e. The van der Waals surface area contributed by atoms with Gasteiger partial charge in [0.15, 0.2) is 0 Å². The van der Waals surface area contributed by atoms with E-state index in [0.29, 0.717) is 35.7 Å². The summed E-state index contributed by atoms with van der Waals surface area (Å²) in [4.78, 5) is 16.1. The molecule has 0 radical (unpaired) electrons. The molecule has 1 saturated carbocycles. The second-order valence-corrected chi connectivity index (χ2v) is 7.38. The second kappa shape index (κ2) is 7.25. The average molecular weight is 389 g/mol. The minimum atomic E-state index is -0.596. The molecule has 1 unspecified atom stereocenters. The second-order valence-electron chi connectivity index (χ2n) is 6.95. The van der Waals surface area contributed by atoms with Crippen LogP contribution in [0.1, 0.15) is 23.2 Å². The van der Waals surface area contributed by atoms with E-state index in [9.17, 15) is 9.90 Å². The van der Waals surface area contributed by atoms with Crippen LogP contribution in [0.3, 0.4) is 0 Å². The van der Waals surface area contributed by atoms with Gasteiger partial charge in [-0.3, -0.25) is 9.48 Å². The molecule has 27 heavy (non-hydrogen) atoms. The zero-order valence-electron chi connectivity index (χ0n) is 14.9. The van der Waals surface area contributed by atoms with Gasteiger partial charge in [0, 0.05) is 29.8 Å². The molecule has 4 rings (SSSR count). The average Bonchev–Trinajstić information content (AvgIpc) is 3.35. The summed E-state index contributed by atoms with van der Waals surface area (Å²) in [5.74, 6) is 0.477. The predicted molar refractivity (Wildman–Crippen MR) is 102 cm³/mol. The third-order valence-corrected chi connectivity index (χ3v) is 5.33. The largest absolute Gasteiger partial charge is 0.496 e. The first-order valence-electron chi connectivity index (χ1n) is 8.86. The number of nitrogens with zero attached hydrogens (tertiary/aromatic N) is 2. The van der Waals surface area contributed by atoms with Crippen LogP contribution >= 0.6 is 11.6 Å². The van der Waals surface area contributed by atoms with Gasteiger partial charge in [-0.05, 0) is 37.0 Å². The number of ether oxygens (including phenoxy) is 1. The van der Waals surface area contributed by atoms with Crippen molar-refractivity contribution < 1.29 is 14.6 Å². The molecule has 142 valence electrons. The summed E-state index contributed by atoms with van der Waals surface area (Å²) in [6.07, 6.45) is 5.83. The van der Waals surface area contributed by atoms with E-state index in [1.807, 2.05) is 12.1 Å². The molecule has 1 aromatic carbocycles. The third kappa shape index (κ3) is 3.52. The zero-order chi connectivity index (χ0) is 19.0. The van der Waals surface area contributed by atoms with Crippen LogP contribution in [0.25, 0.3) is 10.9 Å². The van der Waals surface area contributed by atoms with E-state index in [1.165, 1.54) is 0 Å². The van der Waals surface area contributed by atoms with E-state index < -0.39 is 6.10 Å². The number of methoxy groups -OCH3 is 1. The number of aliphatic hydroxyl groups excluding tert-OH is 1. The van der Waals surface area contributed by atoms with E-state index in [4.69, 9.17) is 16.3 Å². The monoisotopic (exact) mass is 388 g/mol.